The molecule has 0 amide bonds. The van der Waals surface area contributed by atoms with E-state index in [1.54, 1.807) is 6.42 Å². The molecule has 4 unspecified atom stereocenters. The van der Waals surface area contributed by atoms with Crippen LogP contribution in [0.4, 0.5) is 0 Å². The number of hydrogen-bond acceptors (Lipinski definition) is 1. The number of nitrogens with zero attached hydrogens (tertiary/aromatic N) is 1. The average Bonchev–Trinajstić information content (AvgIpc) is 2.73. The van der Waals surface area contributed by atoms with E-state index in [4.69, 9.17) is 0 Å². The average molecular weight is 153 g/mol. The monoisotopic (exact) mass is 153 g/mol. The second kappa shape index (κ2) is 2.48. The van der Waals surface area contributed by atoms with E-state index in [0.29, 0.717) is 0 Å². The lowest BCUT2D eigenvalue weighted by Crippen LogP contribution is -2.34. The van der Waals surface area contributed by atoms with E-state index in [0.717, 1.165) is 23.9 Å². The maximum absolute atomic E-state index is 2.62. The first-order valence-electron chi connectivity index (χ1n) is 5.10. The van der Waals surface area contributed by atoms with Gasteiger partial charge in [0, 0.05) is 12.1 Å². The smallest absolute Gasteiger partial charge is 0.0159 e. The molecule has 2 saturated carbocycles. The molecular formula is C10H19N. The minimum absolute atomic E-state index is 0.991. The first-order chi connectivity index (χ1) is 5.38. The summed E-state index contributed by atoms with van der Waals surface area (Å²) >= 11 is 0. The maximum Gasteiger partial charge on any atom is 0.0159 e. The minimum atomic E-state index is 0.991. The Kier molecular flexibility index (Phi) is 1.71. The second-order valence-corrected chi connectivity index (χ2v) is 3.95. The standard InChI is InChI=1S/C8H13N.C2H6/c1-9-5-2-3-6-7(4-5)8(6)9;1-2/h5-8H,2-4H2,1H3;1-2H3. The van der Waals surface area contributed by atoms with E-state index in [9.17, 15) is 0 Å². The third kappa shape index (κ3) is 0.868. The molecule has 4 rings (SSSR count). The van der Waals surface area contributed by atoms with E-state index in [-0.39, 0.29) is 0 Å². The van der Waals surface area contributed by atoms with Crippen LogP contribution < -0.4 is 0 Å². The second-order valence-electron chi connectivity index (χ2n) is 3.95. The highest BCUT2D eigenvalue weighted by Crippen LogP contribution is 2.59. The molecule has 0 N–H and O–H groups in total. The van der Waals surface area contributed by atoms with Crippen LogP contribution in [0.25, 0.3) is 0 Å². The third-order valence-electron chi connectivity index (χ3n) is 3.71. The van der Waals surface area contributed by atoms with Crippen LogP contribution in [0.5, 0.6) is 0 Å². The summed E-state index contributed by atoms with van der Waals surface area (Å²) in [5.41, 5.74) is 0. The van der Waals surface area contributed by atoms with Gasteiger partial charge in [-0.25, -0.2) is 0 Å². The van der Waals surface area contributed by atoms with Gasteiger partial charge >= 0.3 is 0 Å². The maximum atomic E-state index is 2.62. The molecule has 2 saturated heterocycles. The fraction of sp³-hybridized carbons (Fsp3) is 1.00. The van der Waals surface area contributed by atoms with Crippen LogP contribution in [-0.4, -0.2) is 24.0 Å². The van der Waals surface area contributed by atoms with E-state index >= 15 is 0 Å². The van der Waals surface area contributed by atoms with Crippen molar-refractivity contribution in [2.24, 2.45) is 11.8 Å². The van der Waals surface area contributed by atoms with Crippen molar-refractivity contribution in [3.8, 4) is 0 Å². The number of hydrogen-bond donors (Lipinski definition) is 0. The highest BCUT2D eigenvalue weighted by atomic mass is 15.3. The lowest BCUT2D eigenvalue weighted by molar-refractivity contribution is 0.183. The molecule has 0 aromatic heterocycles. The molecule has 1 heteroatoms. The topological polar surface area (TPSA) is 3.24 Å². The molecule has 4 aliphatic rings. The largest absolute Gasteiger partial charge is 0.300 e. The molecule has 0 aromatic rings. The van der Waals surface area contributed by atoms with Gasteiger partial charge in [-0.3, -0.25) is 4.90 Å². The number of piperidine rings is 2. The highest BCUT2D eigenvalue weighted by Gasteiger charge is 2.61. The Labute approximate surface area is 69.8 Å². The van der Waals surface area contributed by atoms with Crippen LogP contribution in [-0.2, 0) is 0 Å². The van der Waals surface area contributed by atoms with E-state index < -0.39 is 0 Å². The third-order valence-corrected chi connectivity index (χ3v) is 3.71. The van der Waals surface area contributed by atoms with Crippen LogP contribution in [0.15, 0.2) is 0 Å². The molecule has 0 spiro atoms. The van der Waals surface area contributed by atoms with Crippen molar-refractivity contribution >= 4 is 0 Å². The van der Waals surface area contributed by atoms with Crippen LogP contribution in [0.1, 0.15) is 33.1 Å². The Balaban J connectivity index is 0.000000224. The molecule has 11 heavy (non-hydrogen) atoms. The van der Waals surface area contributed by atoms with Gasteiger partial charge in [0.05, 0.1) is 0 Å². The molecular weight excluding hydrogens is 134 g/mol. The fourth-order valence-electron chi connectivity index (χ4n) is 3.16. The van der Waals surface area contributed by atoms with Crippen molar-refractivity contribution in [3.63, 3.8) is 0 Å². The molecule has 1 nitrogen and oxygen atoms in total. The Morgan fingerprint density at radius 3 is 2.09 bits per heavy atom. The Morgan fingerprint density at radius 2 is 1.82 bits per heavy atom. The Bertz CT molecular complexity index is 149. The van der Waals surface area contributed by atoms with Crippen molar-refractivity contribution in [1.82, 2.24) is 4.90 Å². The zero-order valence-electron chi connectivity index (χ0n) is 7.88. The van der Waals surface area contributed by atoms with Crippen LogP contribution in [0, 0.1) is 11.8 Å². The summed E-state index contributed by atoms with van der Waals surface area (Å²) in [6, 6.07) is 2.04. The van der Waals surface area contributed by atoms with E-state index in [2.05, 4.69) is 11.9 Å². The van der Waals surface area contributed by atoms with Gasteiger partial charge in [-0.2, -0.15) is 0 Å². The summed E-state index contributed by atoms with van der Waals surface area (Å²) < 4.78 is 0. The Morgan fingerprint density at radius 1 is 1.09 bits per heavy atom. The van der Waals surface area contributed by atoms with Crippen molar-refractivity contribution in [1.29, 1.82) is 0 Å². The molecule has 4 atom stereocenters. The van der Waals surface area contributed by atoms with Crippen molar-refractivity contribution < 1.29 is 0 Å². The van der Waals surface area contributed by atoms with Crippen molar-refractivity contribution in [3.05, 3.63) is 0 Å². The first-order valence-corrected chi connectivity index (χ1v) is 5.10. The SMILES string of the molecule is CC.CN1C2CCC3C(C2)C31. The molecule has 0 radical (unpaired) electrons. The number of fused-ring (bicyclic) bond motifs is 1. The molecule has 2 aliphatic heterocycles. The van der Waals surface area contributed by atoms with Crippen LogP contribution in [0.3, 0.4) is 0 Å². The fourth-order valence-corrected chi connectivity index (χ4v) is 3.16. The molecule has 2 aliphatic carbocycles. The number of rotatable bonds is 0. The van der Waals surface area contributed by atoms with E-state index in [1.807, 2.05) is 13.8 Å². The molecule has 4 fully saturated rings. The Hall–Kier alpha value is -0.0400. The summed E-state index contributed by atoms with van der Waals surface area (Å²) in [5.74, 6) is 2.29. The normalized spacial score (nSPS) is 51.5. The zero-order valence-corrected chi connectivity index (χ0v) is 7.88. The predicted octanol–water partition coefficient (Wildman–Crippen LogP) is 2.13. The summed E-state index contributed by atoms with van der Waals surface area (Å²) in [5, 5.41) is 0. The van der Waals surface area contributed by atoms with Gasteiger partial charge in [0.25, 0.3) is 0 Å². The molecule has 2 heterocycles. The van der Waals surface area contributed by atoms with Gasteiger partial charge in [0.2, 0.25) is 0 Å². The van der Waals surface area contributed by atoms with Crippen molar-refractivity contribution in [2.45, 2.75) is 45.2 Å². The predicted molar refractivity (Wildman–Crippen MR) is 47.5 cm³/mol. The molecule has 4 bridgehead atoms. The zero-order chi connectivity index (χ0) is 8.01. The van der Waals surface area contributed by atoms with Crippen molar-refractivity contribution in [2.75, 3.05) is 7.05 Å². The van der Waals surface area contributed by atoms with Gasteiger partial charge in [-0.05, 0) is 38.1 Å². The molecule has 64 valence electrons. The summed E-state index contributed by atoms with van der Waals surface area (Å²) in [6.45, 7) is 4.00. The lowest BCUT2D eigenvalue weighted by atomic mass is 9.94. The minimum Gasteiger partial charge on any atom is -0.300 e. The summed E-state index contributed by atoms with van der Waals surface area (Å²) in [4.78, 5) is 2.62. The van der Waals surface area contributed by atoms with Crippen LogP contribution in [0.2, 0.25) is 0 Å². The highest BCUT2D eigenvalue weighted by molar-refractivity contribution is 5.15. The van der Waals surface area contributed by atoms with Crippen LogP contribution >= 0.6 is 0 Å². The van der Waals surface area contributed by atoms with Gasteiger partial charge in [-0.15, -0.1) is 0 Å². The lowest BCUT2D eigenvalue weighted by Gasteiger charge is -2.30. The van der Waals surface area contributed by atoms with Gasteiger partial charge in [0.15, 0.2) is 0 Å². The van der Waals surface area contributed by atoms with E-state index in [1.165, 1.54) is 12.8 Å². The molecule has 0 aromatic carbocycles. The summed E-state index contributed by atoms with van der Waals surface area (Å²) in [6.07, 6.45) is 4.57. The van der Waals surface area contributed by atoms with Gasteiger partial charge in [-0.1, -0.05) is 13.8 Å². The quantitative estimate of drug-likeness (QED) is 0.515. The van der Waals surface area contributed by atoms with Gasteiger partial charge < -0.3 is 0 Å². The van der Waals surface area contributed by atoms with Gasteiger partial charge in [0.1, 0.15) is 0 Å². The first kappa shape index (κ1) is 7.60. The summed E-state index contributed by atoms with van der Waals surface area (Å²) in [7, 11) is 2.31.